The number of aromatic nitrogens is 2. The van der Waals surface area contributed by atoms with Gasteiger partial charge in [0.25, 0.3) is 0 Å². The van der Waals surface area contributed by atoms with Gasteiger partial charge in [-0.15, -0.1) is 0 Å². The molecule has 1 saturated heterocycles. The summed E-state index contributed by atoms with van der Waals surface area (Å²) in [4.78, 5) is 24.3. The third-order valence-electron chi connectivity index (χ3n) is 8.84. The summed E-state index contributed by atoms with van der Waals surface area (Å²) in [5, 5.41) is 6.37. The van der Waals surface area contributed by atoms with Crippen LogP contribution < -0.4 is 15.5 Å². The van der Waals surface area contributed by atoms with Gasteiger partial charge in [0.2, 0.25) is 11.8 Å². The summed E-state index contributed by atoms with van der Waals surface area (Å²) in [7, 11) is -1.19. The zero-order valence-corrected chi connectivity index (χ0v) is 24.6. The van der Waals surface area contributed by atoms with Crippen molar-refractivity contribution >= 4 is 21.4 Å². The highest BCUT2D eigenvalue weighted by Gasteiger charge is 2.46. The predicted octanol–water partition coefficient (Wildman–Crippen LogP) is 4.76. The van der Waals surface area contributed by atoms with Gasteiger partial charge in [0, 0.05) is 42.4 Å². The molecule has 43 heavy (non-hydrogen) atoms. The van der Waals surface area contributed by atoms with Gasteiger partial charge in [-0.05, 0) is 57.0 Å². The monoisotopic (exact) mass is 617 g/mol. The number of carbonyl (C=O) groups excluding carboxylic acids is 1. The maximum absolute atomic E-state index is 13.5. The summed E-state index contributed by atoms with van der Waals surface area (Å²) in [5.41, 5.74) is 1.04. The molecule has 0 bridgehead atoms. The number of hydrogen-bond acceptors (Lipinski definition) is 8. The molecule has 3 aromatic rings. The number of sulfone groups is 1. The van der Waals surface area contributed by atoms with Crippen LogP contribution in [0.25, 0.3) is 22.8 Å². The molecule has 3 fully saturated rings. The first-order chi connectivity index (χ1) is 20.5. The number of rotatable bonds is 7. The standard InChI is InChI=1S/C30H34F3N5O4S/c1-34-29(12-13-29)37-27(39)23-5-3-2-4-22(23)26-25(36-28(42-26)24-11-8-20(18-35-24)30(31,32)33)19-6-9-21(10-7-19)38-14-16-43(40,41)17-15-38/h6-11,18,22-23,34H,2-5,12-17H2,1H3,(H,37,39)/t22-,23?/m1/s1. The van der Waals surface area contributed by atoms with E-state index in [-0.39, 0.29) is 46.5 Å². The lowest BCUT2D eigenvalue weighted by Crippen LogP contribution is -2.49. The van der Waals surface area contributed by atoms with Gasteiger partial charge in [0.05, 0.1) is 22.7 Å². The fourth-order valence-electron chi connectivity index (χ4n) is 6.04. The molecule has 1 unspecified atom stereocenters. The van der Waals surface area contributed by atoms with E-state index in [0.29, 0.717) is 37.4 Å². The number of oxazole rings is 1. The molecule has 2 aliphatic carbocycles. The Hall–Kier alpha value is -3.45. The van der Waals surface area contributed by atoms with Crippen molar-refractivity contribution in [3.05, 3.63) is 53.9 Å². The number of hydrogen-bond donors (Lipinski definition) is 2. The van der Waals surface area contributed by atoms with Crippen LogP contribution in [0.2, 0.25) is 0 Å². The first-order valence-electron chi connectivity index (χ1n) is 14.6. The number of carbonyl (C=O) groups is 1. The molecule has 230 valence electrons. The number of anilines is 1. The van der Waals surface area contributed by atoms with Crippen molar-refractivity contribution in [1.29, 1.82) is 0 Å². The van der Waals surface area contributed by atoms with E-state index >= 15 is 0 Å². The summed E-state index contributed by atoms with van der Waals surface area (Å²) < 4.78 is 69.6. The van der Waals surface area contributed by atoms with Crippen LogP contribution in [-0.2, 0) is 20.8 Å². The van der Waals surface area contributed by atoms with E-state index in [1.165, 1.54) is 6.07 Å². The lowest BCUT2D eigenvalue weighted by Gasteiger charge is -2.31. The lowest BCUT2D eigenvalue weighted by atomic mass is 9.76. The van der Waals surface area contributed by atoms with E-state index in [2.05, 4.69) is 15.6 Å². The number of alkyl halides is 3. The summed E-state index contributed by atoms with van der Waals surface area (Å²) in [6, 6.07) is 9.74. The second kappa shape index (κ2) is 11.2. The first-order valence-corrected chi connectivity index (χ1v) is 16.4. The molecular weight excluding hydrogens is 583 g/mol. The van der Waals surface area contributed by atoms with Crippen molar-refractivity contribution in [2.75, 3.05) is 36.5 Å². The van der Waals surface area contributed by atoms with Crippen LogP contribution in [0.4, 0.5) is 18.9 Å². The Morgan fingerprint density at radius 2 is 1.74 bits per heavy atom. The fraction of sp³-hybridized carbons (Fsp3) is 0.500. The van der Waals surface area contributed by atoms with Crippen LogP contribution in [0.15, 0.2) is 47.0 Å². The van der Waals surface area contributed by atoms with E-state index in [4.69, 9.17) is 9.40 Å². The van der Waals surface area contributed by atoms with Crippen molar-refractivity contribution < 1.29 is 30.8 Å². The third kappa shape index (κ3) is 6.28. The van der Waals surface area contributed by atoms with Gasteiger partial charge in [0.15, 0.2) is 9.84 Å². The molecule has 9 nitrogen and oxygen atoms in total. The van der Waals surface area contributed by atoms with Gasteiger partial charge in [0.1, 0.15) is 17.1 Å². The van der Waals surface area contributed by atoms with Crippen LogP contribution in [0.5, 0.6) is 0 Å². The van der Waals surface area contributed by atoms with E-state index in [1.807, 2.05) is 36.2 Å². The molecule has 3 aliphatic rings. The molecule has 2 saturated carbocycles. The average Bonchev–Trinajstić information content (AvgIpc) is 3.63. The third-order valence-corrected chi connectivity index (χ3v) is 10.5. The maximum Gasteiger partial charge on any atom is 0.417 e. The average molecular weight is 618 g/mol. The molecule has 1 amide bonds. The highest BCUT2D eigenvalue weighted by molar-refractivity contribution is 7.91. The summed E-state index contributed by atoms with van der Waals surface area (Å²) in [6.45, 7) is 0.821. The van der Waals surface area contributed by atoms with E-state index in [0.717, 1.165) is 49.2 Å². The van der Waals surface area contributed by atoms with Crippen LogP contribution >= 0.6 is 0 Å². The molecule has 1 aromatic carbocycles. The Morgan fingerprint density at radius 3 is 2.35 bits per heavy atom. The SMILES string of the molecule is CNC1(NC(=O)C2CCCC[C@H]2c2oc(-c3ccc(C(F)(F)F)cn3)nc2-c2ccc(N3CCS(=O)(=O)CC3)cc2)CC1. The quantitative estimate of drug-likeness (QED) is 0.365. The largest absolute Gasteiger partial charge is 0.439 e. The van der Waals surface area contributed by atoms with Gasteiger partial charge >= 0.3 is 6.18 Å². The van der Waals surface area contributed by atoms with Crippen molar-refractivity contribution in [2.24, 2.45) is 5.92 Å². The number of benzene rings is 1. The van der Waals surface area contributed by atoms with Gasteiger partial charge in [-0.1, -0.05) is 25.0 Å². The van der Waals surface area contributed by atoms with Crippen LogP contribution in [0, 0.1) is 5.92 Å². The minimum absolute atomic E-state index is 0.0523. The predicted molar refractivity (Wildman–Crippen MR) is 155 cm³/mol. The second-order valence-electron chi connectivity index (χ2n) is 11.7. The zero-order chi connectivity index (χ0) is 30.4. The highest BCUT2D eigenvalue weighted by atomic mass is 32.2. The first kappa shape index (κ1) is 29.6. The maximum atomic E-state index is 13.5. The molecule has 0 spiro atoms. The van der Waals surface area contributed by atoms with Gasteiger partial charge in [-0.2, -0.15) is 13.2 Å². The highest BCUT2D eigenvalue weighted by Crippen LogP contribution is 2.45. The Bertz CT molecular complexity index is 1570. The topological polar surface area (TPSA) is 117 Å². The summed E-state index contributed by atoms with van der Waals surface area (Å²) in [5.74, 6) is 0.124. The molecular formula is C30H34F3N5O4S. The fourth-order valence-corrected chi connectivity index (χ4v) is 7.24. The Kier molecular flexibility index (Phi) is 7.74. The number of pyridine rings is 1. The second-order valence-corrected chi connectivity index (χ2v) is 14.0. The summed E-state index contributed by atoms with van der Waals surface area (Å²) >= 11 is 0. The van der Waals surface area contributed by atoms with Crippen LogP contribution in [0.3, 0.4) is 0 Å². The Morgan fingerprint density at radius 1 is 1.05 bits per heavy atom. The zero-order valence-electron chi connectivity index (χ0n) is 23.8. The molecule has 6 rings (SSSR count). The van der Waals surface area contributed by atoms with Crippen molar-refractivity contribution in [3.63, 3.8) is 0 Å². The van der Waals surface area contributed by atoms with Gasteiger partial charge < -0.3 is 14.6 Å². The molecule has 1 aliphatic heterocycles. The van der Waals surface area contributed by atoms with Gasteiger partial charge in [-0.25, -0.2) is 13.4 Å². The van der Waals surface area contributed by atoms with Crippen molar-refractivity contribution in [2.45, 2.75) is 56.3 Å². The van der Waals surface area contributed by atoms with E-state index < -0.39 is 21.6 Å². The molecule has 0 radical (unpaired) electrons. The Labute approximate surface area is 248 Å². The number of halogens is 3. The lowest BCUT2D eigenvalue weighted by molar-refractivity contribution is -0.137. The summed E-state index contributed by atoms with van der Waals surface area (Å²) in [6.07, 6.45) is 1.14. The number of nitrogens with one attached hydrogen (secondary N) is 2. The van der Waals surface area contributed by atoms with Gasteiger partial charge in [-0.3, -0.25) is 15.1 Å². The van der Waals surface area contributed by atoms with Crippen molar-refractivity contribution in [1.82, 2.24) is 20.6 Å². The number of nitrogens with zero attached hydrogens (tertiary/aromatic N) is 3. The van der Waals surface area contributed by atoms with Crippen LogP contribution in [-0.4, -0.2) is 61.6 Å². The normalized spacial score (nSPS) is 23.1. The Balaban J connectivity index is 1.35. The smallest absolute Gasteiger partial charge is 0.417 e. The molecule has 2 atom stereocenters. The molecule has 3 heterocycles. The number of amides is 1. The van der Waals surface area contributed by atoms with Crippen molar-refractivity contribution in [3.8, 4) is 22.8 Å². The van der Waals surface area contributed by atoms with E-state index in [1.54, 1.807) is 0 Å². The minimum Gasteiger partial charge on any atom is -0.439 e. The van der Waals surface area contributed by atoms with E-state index in [9.17, 15) is 26.4 Å². The molecule has 2 N–H and O–H groups in total. The van der Waals surface area contributed by atoms with Crippen LogP contribution in [0.1, 0.15) is 55.8 Å². The molecule has 13 heteroatoms. The molecule has 2 aromatic heterocycles. The minimum atomic E-state index is -4.52.